The van der Waals surface area contributed by atoms with Crippen molar-refractivity contribution in [2.45, 2.75) is 6.04 Å². The minimum Gasteiger partial charge on any atom is -0.357 e. The first-order valence-corrected chi connectivity index (χ1v) is 6.39. The number of likely N-dealkylation sites (N-methyl/N-ethyl adjacent to an activating group) is 2. The van der Waals surface area contributed by atoms with Gasteiger partial charge in [0, 0.05) is 24.8 Å². The molecular weight excluding hydrogens is 282 g/mol. The summed E-state index contributed by atoms with van der Waals surface area (Å²) in [5.74, 6) is -1.69. The Morgan fingerprint density at radius 1 is 1.25 bits per heavy atom. The number of halogens is 1. The van der Waals surface area contributed by atoms with Crippen LogP contribution in [-0.4, -0.2) is 49.3 Å². The fraction of sp³-hybridized carbons (Fsp3) is 0.308. The van der Waals surface area contributed by atoms with Crippen molar-refractivity contribution < 1.29 is 14.4 Å². The van der Waals surface area contributed by atoms with Crippen molar-refractivity contribution >= 4 is 35.0 Å². The molecule has 1 N–H and O–H groups in total. The number of piperazine rings is 1. The van der Waals surface area contributed by atoms with Gasteiger partial charge in [-0.2, -0.15) is 0 Å². The van der Waals surface area contributed by atoms with Crippen LogP contribution in [-0.2, 0) is 14.4 Å². The second kappa shape index (κ2) is 5.50. The Morgan fingerprint density at radius 2 is 1.85 bits per heavy atom. The van der Waals surface area contributed by atoms with Crippen LogP contribution in [0.3, 0.4) is 0 Å². The number of benzene rings is 1. The standard InChI is InChI=1S/C13H14ClN3O3/c1-15-11(18)10-7-16(2)12(19)13(20)17(10)9-5-3-8(14)4-6-9/h3-6,10H,7H2,1-2H3,(H,15,18). The molecule has 0 spiro atoms. The minimum absolute atomic E-state index is 0.146. The van der Waals surface area contributed by atoms with E-state index in [1.807, 2.05) is 0 Å². The maximum absolute atomic E-state index is 12.2. The quantitative estimate of drug-likeness (QED) is 0.796. The van der Waals surface area contributed by atoms with Gasteiger partial charge in [-0.1, -0.05) is 11.6 Å². The summed E-state index contributed by atoms with van der Waals surface area (Å²) in [5, 5.41) is 3.02. The molecule has 1 atom stereocenters. The molecule has 2 rings (SSSR count). The number of amides is 3. The summed E-state index contributed by atoms with van der Waals surface area (Å²) >= 11 is 5.81. The molecule has 1 aliphatic rings. The van der Waals surface area contributed by atoms with Crippen LogP contribution in [0, 0.1) is 0 Å². The number of carbonyl (C=O) groups excluding carboxylic acids is 3. The molecule has 1 saturated heterocycles. The SMILES string of the molecule is CNC(=O)C1CN(C)C(=O)C(=O)N1c1ccc(Cl)cc1. The van der Waals surface area contributed by atoms with Crippen LogP contribution < -0.4 is 10.2 Å². The Balaban J connectivity index is 2.43. The van der Waals surface area contributed by atoms with Crippen LogP contribution in [0.2, 0.25) is 5.02 Å². The molecule has 1 unspecified atom stereocenters. The number of nitrogens with one attached hydrogen (secondary N) is 1. The van der Waals surface area contributed by atoms with Gasteiger partial charge in [0.05, 0.1) is 6.54 Å². The van der Waals surface area contributed by atoms with Crippen LogP contribution in [0.15, 0.2) is 24.3 Å². The highest BCUT2D eigenvalue weighted by molar-refractivity contribution is 6.42. The Morgan fingerprint density at radius 3 is 2.40 bits per heavy atom. The lowest BCUT2D eigenvalue weighted by atomic mass is 10.1. The predicted molar refractivity (Wildman–Crippen MR) is 74.4 cm³/mol. The lowest BCUT2D eigenvalue weighted by molar-refractivity contribution is -0.147. The van der Waals surface area contributed by atoms with Crippen molar-refractivity contribution in [3.63, 3.8) is 0 Å². The number of anilines is 1. The fourth-order valence-corrected chi connectivity index (χ4v) is 2.22. The molecule has 6 nitrogen and oxygen atoms in total. The molecular formula is C13H14ClN3O3. The third-order valence-electron chi connectivity index (χ3n) is 3.16. The third kappa shape index (κ3) is 2.46. The second-order valence-electron chi connectivity index (χ2n) is 4.47. The fourth-order valence-electron chi connectivity index (χ4n) is 2.10. The number of rotatable bonds is 2. The van der Waals surface area contributed by atoms with Gasteiger partial charge >= 0.3 is 11.8 Å². The van der Waals surface area contributed by atoms with Crippen molar-refractivity contribution in [3.05, 3.63) is 29.3 Å². The van der Waals surface area contributed by atoms with Gasteiger partial charge in [0.15, 0.2) is 0 Å². The minimum atomic E-state index is -0.753. The maximum atomic E-state index is 12.2. The highest BCUT2D eigenvalue weighted by Gasteiger charge is 2.41. The molecule has 1 fully saturated rings. The summed E-state index contributed by atoms with van der Waals surface area (Å²) in [4.78, 5) is 38.4. The highest BCUT2D eigenvalue weighted by Crippen LogP contribution is 2.23. The zero-order valence-electron chi connectivity index (χ0n) is 11.1. The Hall–Kier alpha value is -2.08. The Bertz CT molecular complexity index is 558. The molecule has 0 saturated carbocycles. The van der Waals surface area contributed by atoms with Crippen molar-refractivity contribution in [2.75, 3.05) is 25.5 Å². The average Bonchev–Trinajstić information content (AvgIpc) is 2.45. The van der Waals surface area contributed by atoms with Crippen LogP contribution in [0.4, 0.5) is 5.69 Å². The van der Waals surface area contributed by atoms with Gasteiger partial charge in [-0.05, 0) is 24.3 Å². The van der Waals surface area contributed by atoms with E-state index in [9.17, 15) is 14.4 Å². The van der Waals surface area contributed by atoms with Gasteiger partial charge < -0.3 is 10.2 Å². The van der Waals surface area contributed by atoms with E-state index in [-0.39, 0.29) is 12.5 Å². The van der Waals surface area contributed by atoms with Crippen LogP contribution in [0.25, 0.3) is 0 Å². The van der Waals surface area contributed by atoms with E-state index in [2.05, 4.69) is 5.32 Å². The molecule has 7 heteroatoms. The first-order chi connectivity index (χ1) is 9.45. The molecule has 1 heterocycles. The van der Waals surface area contributed by atoms with Gasteiger partial charge in [-0.3, -0.25) is 19.3 Å². The molecule has 0 aromatic heterocycles. The van der Waals surface area contributed by atoms with Crippen LogP contribution in [0.1, 0.15) is 0 Å². The van der Waals surface area contributed by atoms with Gasteiger partial charge in [0.1, 0.15) is 6.04 Å². The maximum Gasteiger partial charge on any atom is 0.317 e. The van der Waals surface area contributed by atoms with Crippen molar-refractivity contribution in [1.82, 2.24) is 10.2 Å². The summed E-state index contributed by atoms with van der Waals surface area (Å²) < 4.78 is 0. The summed E-state index contributed by atoms with van der Waals surface area (Å²) in [6, 6.07) is 5.67. The largest absolute Gasteiger partial charge is 0.357 e. The molecule has 0 bridgehead atoms. The smallest absolute Gasteiger partial charge is 0.317 e. The highest BCUT2D eigenvalue weighted by atomic mass is 35.5. The third-order valence-corrected chi connectivity index (χ3v) is 3.41. The van der Waals surface area contributed by atoms with Crippen molar-refractivity contribution in [3.8, 4) is 0 Å². The summed E-state index contributed by atoms with van der Waals surface area (Å²) in [6.07, 6.45) is 0. The molecule has 20 heavy (non-hydrogen) atoms. The van der Waals surface area contributed by atoms with E-state index in [0.29, 0.717) is 10.7 Å². The molecule has 0 aliphatic carbocycles. The average molecular weight is 296 g/mol. The molecule has 1 aromatic carbocycles. The zero-order chi connectivity index (χ0) is 14.9. The van der Waals surface area contributed by atoms with E-state index < -0.39 is 17.9 Å². The lowest BCUT2D eigenvalue weighted by Crippen LogP contribution is -2.63. The molecule has 3 amide bonds. The molecule has 1 aromatic rings. The van der Waals surface area contributed by atoms with Gasteiger partial charge in [0.25, 0.3) is 0 Å². The Kier molecular flexibility index (Phi) is 3.94. The van der Waals surface area contributed by atoms with Gasteiger partial charge in [-0.15, -0.1) is 0 Å². The number of nitrogens with zero attached hydrogens (tertiary/aromatic N) is 2. The van der Waals surface area contributed by atoms with E-state index in [1.165, 1.54) is 23.9 Å². The van der Waals surface area contributed by atoms with Gasteiger partial charge in [0.2, 0.25) is 5.91 Å². The summed E-state index contributed by atoms with van der Waals surface area (Å²) in [6.45, 7) is 0.146. The molecule has 0 radical (unpaired) electrons. The normalized spacial score (nSPS) is 19.2. The number of hydrogen-bond acceptors (Lipinski definition) is 3. The lowest BCUT2D eigenvalue weighted by Gasteiger charge is -2.37. The van der Waals surface area contributed by atoms with Crippen LogP contribution >= 0.6 is 11.6 Å². The van der Waals surface area contributed by atoms with Gasteiger partial charge in [-0.25, -0.2) is 0 Å². The summed E-state index contributed by atoms with van der Waals surface area (Å²) in [5.41, 5.74) is 0.467. The van der Waals surface area contributed by atoms with E-state index >= 15 is 0 Å². The van der Waals surface area contributed by atoms with Crippen molar-refractivity contribution in [2.24, 2.45) is 0 Å². The molecule has 1 aliphatic heterocycles. The van der Waals surface area contributed by atoms with Crippen molar-refractivity contribution in [1.29, 1.82) is 0 Å². The Labute approximate surface area is 121 Å². The predicted octanol–water partition coefficient (Wildman–Crippen LogP) is 0.260. The molecule has 106 valence electrons. The zero-order valence-corrected chi connectivity index (χ0v) is 11.8. The monoisotopic (exact) mass is 295 g/mol. The van der Waals surface area contributed by atoms with Crippen LogP contribution in [0.5, 0.6) is 0 Å². The first-order valence-electron chi connectivity index (χ1n) is 6.01. The number of hydrogen-bond donors (Lipinski definition) is 1. The number of carbonyl (C=O) groups is 3. The first kappa shape index (κ1) is 14.3. The van der Waals surface area contributed by atoms with E-state index in [0.717, 1.165) is 0 Å². The van der Waals surface area contributed by atoms with E-state index in [1.54, 1.807) is 24.3 Å². The topological polar surface area (TPSA) is 69.7 Å². The summed E-state index contributed by atoms with van der Waals surface area (Å²) in [7, 11) is 2.98. The second-order valence-corrected chi connectivity index (χ2v) is 4.90. The van der Waals surface area contributed by atoms with E-state index in [4.69, 9.17) is 11.6 Å².